The summed E-state index contributed by atoms with van der Waals surface area (Å²) in [6.07, 6.45) is 4.18. The number of aryl methyl sites for hydroxylation is 1. The molecule has 1 N–H and O–H groups in total. The molecule has 0 unspecified atom stereocenters. The Morgan fingerprint density at radius 3 is 2.61 bits per heavy atom. The molecule has 3 heterocycles. The van der Waals surface area contributed by atoms with Crippen molar-refractivity contribution in [3.05, 3.63) is 65.1 Å². The van der Waals surface area contributed by atoms with E-state index in [2.05, 4.69) is 20.3 Å². The Balaban J connectivity index is 1.65. The van der Waals surface area contributed by atoms with E-state index in [0.29, 0.717) is 17.8 Å². The molecule has 0 fully saturated rings. The van der Waals surface area contributed by atoms with Gasteiger partial charge in [-0.15, -0.1) is 11.3 Å². The van der Waals surface area contributed by atoms with Crippen LogP contribution in [0.1, 0.15) is 21.1 Å². The van der Waals surface area contributed by atoms with Gasteiger partial charge in [0.2, 0.25) is 0 Å². The van der Waals surface area contributed by atoms with Crippen LogP contribution in [-0.2, 0) is 6.42 Å². The molecule has 116 valence electrons. The number of hydrogen-bond acceptors (Lipinski definition) is 5. The van der Waals surface area contributed by atoms with E-state index < -0.39 is 0 Å². The number of nitrogens with one attached hydrogen (secondary N) is 1. The van der Waals surface area contributed by atoms with Gasteiger partial charge in [0.1, 0.15) is 9.88 Å². The van der Waals surface area contributed by atoms with Gasteiger partial charge >= 0.3 is 0 Å². The van der Waals surface area contributed by atoms with E-state index in [1.54, 1.807) is 12.4 Å². The van der Waals surface area contributed by atoms with Gasteiger partial charge in [0, 0.05) is 31.1 Å². The number of hydrogen-bond donors (Lipinski definition) is 1. The van der Waals surface area contributed by atoms with E-state index in [1.807, 2.05) is 43.3 Å². The van der Waals surface area contributed by atoms with Crippen molar-refractivity contribution in [2.24, 2.45) is 0 Å². The highest BCUT2D eigenvalue weighted by molar-refractivity contribution is 7.17. The summed E-state index contributed by atoms with van der Waals surface area (Å²) in [4.78, 5) is 25.9. The van der Waals surface area contributed by atoms with Crippen LogP contribution in [0, 0.1) is 6.92 Å². The van der Waals surface area contributed by atoms with Crippen molar-refractivity contribution in [3.8, 4) is 10.7 Å². The average Bonchev–Trinajstić information content (AvgIpc) is 2.98. The molecule has 1 amide bonds. The van der Waals surface area contributed by atoms with Gasteiger partial charge in [-0.2, -0.15) is 0 Å². The summed E-state index contributed by atoms with van der Waals surface area (Å²) in [6.45, 7) is 2.39. The summed E-state index contributed by atoms with van der Waals surface area (Å²) in [5.41, 5.74) is 2.47. The van der Waals surface area contributed by atoms with Crippen LogP contribution in [-0.4, -0.2) is 27.4 Å². The number of rotatable bonds is 5. The molecule has 0 saturated heterocycles. The largest absolute Gasteiger partial charge is 0.351 e. The number of amides is 1. The Kier molecular flexibility index (Phi) is 4.73. The average molecular weight is 324 g/mol. The summed E-state index contributed by atoms with van der Waals surface area (Å²) in [6, 6.07) is 11.4. The van der Waals surface area contributed by atoms with E-state index in [1.165, 1.54) is 11.3 Å². The minimum Gasteiger partial charge on any atom is -0.351 e. The molecule has 3 aromatic heterocycles. The number of carbonyl (C=O) groups is 1. The first-order valence-corrected chi connectivity index (χ1v) is 8.12. The maximum atomic E-state index is 12.3. The number of carbonyl (C=O) groups excluding carboxylic acids is 1. The second-order valence-electron chi connectivity index (χ2n) is 4.98. The molecule has 0 aromatic carbocycles. The fraction of sp³-hybridized carbons (Fsp3) is 0.176. The summed E-state index contributed by atoms with van der Waals surface area (Å²) in [5.74, 6) is -0.0990. The smallest absolute Gasteiger partial charge is 0.263 e. The molecule has 0 aliphatic rings. The maximum Gasteiger partial charge on any atom is 0.263 e. The minimum absolute atomic E-state index is 0.0990. The minimum atomic E-state index is -0.0990. The van der Waals surface area contributed by atoms with Crippen molar-refractivity contribution in [1.29, 1.82) is 0 Å². The molecule has 0 bridgehead atoms. The molecular formula is C17H16N4OS. The quantitative estimate of drug-likeness (QED) is 0.783. The van der Waals surface area contributed by atoms with Gasteiger partial charge in [0.25, 0.3) is 5.91 Å². The number of thiazole rings is 1. The van der Waals surface area contributed by atoms with E-state index in [4.69, 9.17) is 0 Å². The van der Waals surface area contributed by atoms with Gasteiger partial charge < -0.3 is 5.32 Å². The van der Waals surface area contributed by atoms with Gasteiger partial charge in [-0.05, 0) is 31.2 Å². The van der Waals surface area contributed by atoms with Crippen molar-refractivity contribution in [3.63, 3.8) is 0 Å². The van der Waals surface area contributed by atoms with Gasteiger partial charge in [0.15, 0.2) is 0 Å². The van der Waals surface area contributed by atoms with E-state index in [0.717, 1.165) is 22.1 Å². The van der Waals surface area contributed by atoms with Gasteiger partial charge in [-0.3, -0.25) is 14.8 Å². The van der Waals surface area contributed by atoms with Crippen LogP contribution in [0.15, 0.2) is 48.8 Å². The van der Waals surface area contributed by atoms with Crippen molar-refractivity contribution in [1.82, 2.24) is 20.3 Å². The maximum absolute atomic E-state index is 12.3. The van der Waals surface area contributed by atoms with Crippen LogP contribution in [0.5, 0.6) is 0 Å². The summed E-state index contributed by atoms with van der Waals surface area (Å²) in [7, 11) is 0. The molecule has 0 aliphatic carbocycles. The lowest BCUT2D eigenvalue weighted by Gasteiger charge is -2.03. The normalized spacial score (nSPS) is 10.5. The number of pyridine rings is 2. The third-order valence-electron chi connectivity index (χ3n) is 3.28. The number of nitrogens with zero attached hydrogens (tertiary/aromatic N) is 3. The first-order valence-electron chi connectivity index (χ1n) is 7.31. The van der Waals surface area contributed by atoms with Crippen LogP contribution < -0.4 is 5.32 Å². The SMILES string of the molecule is Cc1nc(-c2ccccn2)sc1C(=O)NCCc1ccccn1. The van der Waals surface area contributed by atoms with Crippen molar-refractivity contribution >= 4 is 17.2 Å². The highest BCUT2D eigenvalue weighted by atomic mass is 32.1. The van der Waals surface area contributed by atoms with Crippen LogP contribution in [0.25, 0.3) is 10.7 Å². The van der Waals surface area contributed by atoms with Gasteiger partial charge in [-0.25, -0.2) is 4.98 Å². The molecule has 0 spiro atoms. The zero-order chi connectivity index (χ0) is 16.1. The van der Waals surface area contributed by atoms with Crippen molar-refractivity contribution in [2.45, 2.75) is 13.3 Å². The Bertz CT molecular complexity index is 787. The fourth-order valence-electron chi connectivity index (χ4n) is 2.14. The highest BCUT2D eigenvalue weighted by Crippen LogP contribution is 2.26. The molecule has 0 aliphatic heterocycles. The Morgan fingerprint density at radius 1 is 1.13 bits per heavy atom. The predicted molar refractivity (Wildman–Crippen MR) is 90.4 cm³/mol. The summed E-state index contributed by atoms with van der Waals surface area (Å²) >= 11 is 1.37. The van der Waals surface area contributed by atoms with Crippen LogP contribution >= 0.6 is 11.3 Å². The highest BCUT2D eigenvalue weighted by Gasteiger charge is 2.16. The van der Waals surface area contributed by atoms with Crippen molar-refractivity contribution in [2.75, 3.05) is 6.54 Å². The van der Waals surface area contributed by atoms with Crippen molar-refractivity contribution < 1.29 is 4.79 Å². The van der Waals surface area contributed by atoms with Gasteiger partial charge in [0.05, 0.1) is 11.4 Å². The second-order valence-corrected chi connectivity index (χ2v) is 5.97. The molecule has 0 saturated carbocycles. The fourth-order valence-corrected chi connectivity index (χ4v) is 3.10. The molecule has 3 rings (SSSR count). The van der Waals surface area contributed by atoms with Crippen LogP contribution in [0.3, 0.4) is 0 Å². The monoisotopic (exact) mass is 324 g/mol. The molecule has 23 heavy (non-hydrogen) atoms. The summed E-state index contributed by atoms with van der Waals surface area (Å²) in [5, 5.41) is 3.69. The number of aromatic nitrogens is 3. The molecular weight excluding hydrogens is 308 g/mol. The van der Waals surface area contributed by atoms with Crippen LogP contribution in [0.2, 0.25) is 0 Å². The molecule has 6 heteroatoms. The predicted octanol–water partition coefficient (Wildman–Crippen LogP) is 2.88. The second kappa shape index (κ2) is 7.11. The lowest BCUT2D eigenvalue weighted by atomic mass is 10.2. The standard InChI is InChI=1S/C17H16N4OS/c1-12-15(23-17(21-12)14-7-3-5-10-19-14)16(22)20-11-8-13-6-2-4-9-18-13/h2-7,9-10H,8,11H2,1H3,(H,20,22). The summed E-state index contributed by atoms with van der Waals surface area (Å²) < 4.78 is 0. The first kappa shape index (κ1) is 15.3. The third kappa shape index (κ3) is 3.78. The molecule has 0 radical (unpaired) electrons. The lowest BCUT2D eigenvalue weighted by molar-refractivity contribution is 0.0957. The molecule has 5 nitrogen and oxygen atoms in total. The Labute approximate surface area is 138 Å². The van der Waals surface area contributed by atoms with Crippen LogP contribution in [0.4, 0.5) is 0 Å². The zero-order valence-electron chi connectivity index (χ0n) is 12.7. The third-order valence-corrected chi connectivity index (χ3v) is 4.46. The topological polar surface area (TPSA) is 67.8 Å². The van der Waals surface area contributed by atoms with E-state index in [-0.39, 0.29) is 5.91 Å². The lowest BCUT2D eigenvalue weighted by Crippen LogP contribution is -2.25. The van der Waals surface area contributed by atoms with Gasteiger partial charge in [-0.1, -0.05) is 12.1 Å². The molecule has 0 atom stereocenters. The molecule has 3 aromatic rings. The van der Waals surface area contributed by atoms with E-state index in [9.17, 15) is 4.79 Å². The zero-order valence-corrected chi connectivity index (χ0v) is 13.5. The Hall–Kier alpha value is -2.60. The van der Waals surface area contributed by atoms with E-state index >= 15 is 0 Å². The Morgan fingerprint density at radius 2 is 1.91 bits per heavy atom. The first-order chi connectivity index (χ1) is 11.2.